The minimum absolute atomic E-state index is 0.0810. The lowest BCUT2D eigenvalue weighted by atomic mass is 9.90. The van der Waals surface area contributed by atoms with E-state index in [0.717, 1.165) is 18.4 Å². The first-order chi connectivity index (χ1) is 13.0. The van der Waals surface area contributed by atoms with Crippen LogP contribution in [0.15, 0.2) is 41.7 Å². The van der Waals surface area contributed by atoms with Crippen molar-refractivity contribution in [3.63, 3.8) is 0 Å². The van der Waals surface area contributed by atoms with Gasteiger partial charge in [0, 0.05) is 18.3 Å². The number of aliphatic hydroxyl groups excluding tert-OH is 1. The van der Waals surface area contributed by atoms with E-state index in [1.807, 2.05) is 19.1 Å². The van der Waals surface area contributed by atoms with Crippen molar-refractivity contribution in [1.29, 1.82) is 0 Å². The molecule has 0 heterocycles. The average molecular weight is 375 g/mol. The Kier molecular flexibility index (Phi) is 11.4. The van der Waals surface area contributed by atoms with Gasteiger partial charge in [0.05, 0.1) is 0 Å². The van der Waals surface area contributed by atoms with Crippen LogP contribution in [0.4, 0.5) is 0 Å². The number of allylic oxidation sites excluding steroid dienone is 4. The van der Waals surface area contributed by atoms with Gasteiger partial charge in [-0.2, -0.15) is 0 Å². The van der Waals surface area contributed by atoms with E-state index in [9.17, 15) is 14.7 Å². The van der Waals surface area contributed by atoms with Gasteiger partial charge in [-0.15, -0.1) is 5.73 Å². The predicted octanol–water partition coefficient (Wildman–Crippen LogP) is 4.99. The fourth-order valence-electron chi connectivity index (χ4n) is 3.25. The highest BCUT2D eigenvalue weighted by Gasteiger charge is 2.26. The average Bonchev–Trinajstić information content (AvgIpc) is 2.98. The number of aliphatic carboxylic acids is 1. The van der Waals surface area contributed by atoms with Crippen molar-refractivity contribution in [2.24, 2.45) is 11.8 Å². The van der Waals surface area contributed by atoms with Crippen LogP contribution in [0.25, 0.3) is 0 Å². The maximum atomic E-state index is 12.1. The van der Waals surface area contributed by atoms with Crippen LogP contribution in [-0.4, -0.2) is 28.1 Å². The molecule has 0 fully saturated rings. The van der Waals surface area contributed by atoms with E-state index in [0.29, 0.717) is 12.8 Å². The number of carbonyl (C=O) groups is 2. The van der Waals surface area contributed by atoms with Crippen molar-refractivity contribution < 1.29 is 19.8 Å². The second-order valence-corrected chi connectivity index (χ2v) is 7.22. The van der Waals surface area contributed by atoms with E-state index in [-0.39, 0.29) is 24.0 Å². The molecule has 1 aliphatic rings. The van der Waals surface area contributed by atoms with Crippen LogP contribution in [0.5, 0.6) is 0 Å². The van der Waals surface area contributed by atoms with Gasteiger partial charge in [0.1, 0.15) is 0 Å². The number of carboxylic acids is 1. The summed E-state index contributed by atoms with van der Waals surface area (Å²) < 4.78 is 0. The van der Waals surface area contributed by atoms with Crippen molar-refractivity contribution in [2.45, 2.75) is 77.7 Å². The van der Waals surface area contributed by atoms with E-state index in [1.54, 1.807) is 6.08 Å². The Balaban J connectivity index is 2.64. The summed E-state index contributed by atoms with van der Waals surface area (Å²) >= 11 is 0. The maximum absolute atomic E-state index is 12.1. The molecule has 1 aliphatic carbocycles. The Morgan fingerprint density at radius 1 is 1.26 bits per heavy atom. The normalized spacial score (nSPS) is 20.0. The molecule has 3 atom stereocenters. The van der Waals surface area contributed by atoms with Crippen molar-refractivity contribution in [1.82, 2.24) is 0 Å². The van der Waals surface area contributed by atoms with E-state index in [4.69, 9.17) is 5.11 Å². The Bertz CT molecular complexity index is 593. The molecule has 0 aromatic rings. The number of carbonyl (C=O) groups excluding carboxylic acids is 1. The molecule has 0 amide bonds. The Hall–Kier alpha value is -1.90. The number of aliphatic hydroxyl groups is 1. The van der Waals surface area contributed by atoms with Gasteiger partial charge < -0.3 is 10.2 Å². The summed E-state index contributed by atoms with van der Waals surface area (Å²) in [5.41, 5.74) is 3.92. The molecule has 0 aliphatic heterocycles. The molecule has 0 aromatic carbocycles. The monoisotopic (exact) mass is 374 g/mol. The van der Waals surface area contributed by atoms with Crippen molar-refractivity contribution in [2.75, 3.05) is 0 Å². The van der Waals surface area contributed by atoms with Crippen LogP contribution in [0.1, 0.15) is 71.6 Å². The molecule has 4 heteroatoms. The third-order valence-corrected chi connectivity index (χ3v) is 4.85. The van der Waals surface area contributed by atoms with E-state index in [1.165, 1.54) is 25.7 Å². The van der Waals surface area contributed by atoms with Gasteiger partial charge in [0.15, 0.2) is 11.9 Å². The molecular weight excluding hydrogens is 340 g/mol. The summed E-state index contributed by atoms with van der Waals surface area (Å²) in [6.07, 6.45) is 16.6. The van der Waals surface area contributed by atoms with Gasteiger partial charge in [-0.05, 0) is 43.4 Å². The van der Waals surface area contributed by atoms with Crippen LogP contribution >= 0.6 is 0 Å². The molecule has 4 nitrogen and oxygen atoms in total. The smallest absolute Gasteiger partial charge is 0.332 e. The highest BCUT2D eigenvalue weighted by atomic mass is 16.4. The zero-order valence-electron chi connectivity index (χ0n) is 16.7. The van der Waals surface area contributed by atoms with Gasteiger partial charge >= 0.3 is 5.97 Å². The summed E-state index contributed by atoms with van der Waals surface area (Å²) in [6.45, 7) is 4.20. The first-order valence-corrected chi connectivity index (χ1v) is 10.2. The third-order valence-electron chi connectivity index (χ3n) is 4.85. The molecule has 27 heavy (non-hydrogen) atoms. The lowest BCUT2D eigenvalue weighted by Crippen LogP contribution is -2.19. The molecule has 0 bridgehead atoms. The highest BCUT2D eigenvalue weighted by Crippen LogP contribution is 2.27. The summed E-state index contributed by atoms with van der Waals surface area (Å²) in [5.74, 6) is -1.06. The number of hydrogen-bond donors (Lipinski definition) is 2. The molecule has 0 saturated carbocycles. The van der Waals surface area contributed by atoms with Crippen molar-refractivity contribution in [3.8, 4) is 0 Å². The molecule has 0 radical (unpaired) electrons. The van der Waals surface area contributed by atoms with Gasteiger partial charge in [0.2, 0.25) is 0 Å². The zero-order valence-corrected chi connectivity index (χ0v) is 16.7. The van der Waals surface area contributed by atoms with Gasteiger partial charge in [-0.3, -0.25) is 4.79 Å². The summed E-state index contributed by atoms with van der Waals surface area (Å²) in [6, 6.07) is 0. The quantitative estimate of drug-likeness (QED) is 0.270. The topological polar surface area (TPSA) is 74.6 Å². The largest absolute Gasteiger partial charge is 0.479 e. The van der Waals surface area contributed by atoms with Gasteiger partial charge in [0.25, 0.3) is 0 Å². The van der Waals surface area contributed by atoms with E-state index in [2.05, 4.69) is 24.8 Å². The molecule has 1 rings (SSSR count). The number of hydrogen-bond acceptors (Lipinski definition) is 3. The standard InChI is InChI=1S/C23H34O4/c1-3-5-6-7-8-9-13-19-15-16-21(24)20(19)14-10-12-18(11-4-2)17-22(25)23(26)27/h9-10,13,15-16,19-20,22,25H,3-8,11,14,17H2,1-2H3,(H,26,27)/t12?,19-,20+,22?/m0/s1. The first-order valence-electron chi connectivity index (χ1n) is 10.2. The van der Waals surface area contributed by atoms with E-state index >= 15 is 0 Å². The zero-order chi connectivity index (χ0) is 20.1. The maximum Gasteiger partial charge on any atom is 0.332 e. The Labute approximate surface area is 163 Å². The second-order valence-electron chi connectivity index (χ2n) is 7.22. The second kappa shape index (κ2) is 13.3. The SMILES string of the molecule is CCCCCCC=C[C@H]1C=CC(=O)[C@@H]1CC=C=C(CCC)CC(O)C(=O)O. The fraction of sp³-hybridized carbons (Fsp3) is 0.609. The van der Waals surface area contributed by atoms with Crippen LogP contribution < -0.4 is 0 Å². The fourth-order valence-corrected chi connectivity index (χ4v) is 3.25. The van der Waals surface area contributed by atoms with Crippen molar-refractivity contribution >= 4 is 11.8 Å². The summed E-state index contributed by atoms with van der Waals surface area (Å²) in [7, 11) is 0. The number of ketones is 1. The van der Waals surface area contributed by atoms with Crippen LogP contribution in [0, 0.1) is 11.8 Å². The van der Waals surface area contributed by atoms with Gasteiger partial charge in [-0.1, -0.05) is 57.8 Å². The molecular formula is C23H34O4. The summed E-state index contributed by atoms with van der Waals surface area (Å²) in [5, 5.41) is 18.4. The molecule has 0 spiro atoms. The lowest BCUT2D eigenvalue weighted by molar-refractivity contribution is -0.146. The molecule has 0 aromatic heterocycles. The van der Waals surface area contributed by atoms with Crippen molar-refractivity contribution in [3.05, 3.63) is 41.7 Å². The summed E-state index contributed by atoms with van der Waals surface area (Å²) in [4.78, 5) is 23.0. The van der Waals surface area contributed by atoms with Crippen LogP contribution in [0.3, 0.4) is 0 Å². The van der Waals surface area contributed by atoms with Crippen LogP contribution in [-0.2, 0) is 9.59 Å². The molecule has 1 unspecified atom stereocenters. The minimum atomic E-state index is -1.40. The highest BCUT2D eigenvalue weighted by molar-refractivity contribution is 5.95. The lowest BCUT2D eigenvalue weighted by Gasteiger charge is -2.12. The van der Waals surface area contributed by atoms with Gasteiger partial charge in [-0.25, -0.2) is 4.79 Å². The van der Waals surface area contributed by atoms with E-state index < -0.39 is 12.1 Å². The third kappa shape index (κ3) is 9.03. The molecule has 150 valence electrons. The predicted molar refractivity (Wildman–Crippen MR) is 108 cm³/mol. The Morgan fingerprint density at radius 3 is 2.70 bits per heavy atom. The first kappa shape index (κ1) is 23.1. The minimum Gasteiger partial charge on any atom is -0.479 e. The molecule has 2 N–H and O–H groups in total. The Morgan fingerprint density at radius 2 is 2.04 bits per heavy atom. The number of unbranched alkanes of at least 4 members (excludes halogenated alkanes) is 4. The molecule has 0 saturated heterocycles. The number of rotatable bonds is 13. The number of carboxylic acid groups (broad SMARTS) is 1. The van der Waals surface area contributed by atoms with Crippen LogP contribution in [0.2, 0.25) is 0 Å².